The highest BCUT2D eigenvalue weighted by atomic mass is 79.9. The van der Waals surface area contributed by atoms with E-state index in [1.54, 1.807) is 12.1 Å². The first-order valence-electron chi connectivity index (χ1n) is 4.87. The maximum Gasteiger partial charge on any atom is 0.131 e. The molecule has 0 bridgehead atoms. The molecule has 84 valence electrons. The second-order valence-corrected chi connectivity index (χ2v) is 3.97. The van der Waals surface area contributed by atoms with Gasteiger partial charge in [0.2, 0.25) is 0 Å². The molecule has 0 heterocycles. The van der Waals surface area contributed by atoms with Gasteiger partial charge in [-0.1, -0.05) is 22.0 Å². The molecule has 0 saturated heterocycles. The smallest absolute Gasteiger partial charge is 0.131 e. The lowest BCUT2D eigenvalue weighted by atomic mass is 10.2. The van der Waals surface area contributed by atoms with Gasteiger partial charge in [0, 0.05) is 23.5 Å². The van der Waals surface area contributed by atoms with Crippen LogP contribution in [0.15, 0.2) is 18.2 Å². The van der Waals surface area contributed by atoms with Crippen LogP contribution in [0, 0.1) is 5.82 Å². The summed E-state index contributed by atoms with van der Waals surface area (Å²) in [7, 11) is 1.53. The molecule has 0 radical (unpaired) electrons. The van der Waals surface area contributed by atoms with Crippen molar-refractivity contribution in [1.29, 1.82) is 0 Å². The molecule has 0 aliphatic heterocycles. The van der Waals surface area contributed by atoms with Gasteiger partial charge >= 0.3 is 0 Å². The summed E-state index contributed by atoms with van der Waals surface area (Å²) in [6.07, 6.45) is 1.04. The van der Waals surface area contributed by atoms with Crippen molar-refractivity contribution in [2.75, 3.05) is 19.0 Å². The molecule has 2 nitrogen and oxygen atoms in total. The van der Waals surface area contributed by atoms with E-state index in [1.807, 2.05) is 0 Å². The molecular formula is C11H15BrFNO. The van der Waals surface area contributed by atoms with Gasteiger partial charge in [-0.05, 0) is 19.0 Å². The monoisotopic (exact) mass is 275 g/mol. The third kappa shape index (κ3) is 4.18. The molecule has 1 aromatic carbocycles. The van der Waals surface area contributed by atoms with Gasteiger partial charge in [-0.15, -0.1) is 0 Å². The second-order valence-electron chi connectivity index (χ2n) is 3.18. The summed E-state index contributed by atoms with van der Waals surface area (Å²) in [5.74, 6) is 0.331. The van der Waals surface area contributed by atoms with Crippen LogP contribution >= 0.6 is 15.9 Å². The van der Waals surface area contributed by atoms with E-state index < -0.39 is 0 Å². The van der Waals surface area contributed by atoms with Crippen molar-refractivity contribution in [2.45, 2.75) is 13.0 Å². The zero-order valence-corrected chi connectivity index (χ0v) is 10.3. The number of rotatable bonds is 6. The highest BCUT2D eigenvalue weighted by Gasteiger charge is 2.02. The van der Waals surface area contributed by atoms with E-state index in [4.69, 9.17) is 4.74 Å². The van der Waals surface area contributed by atoms with Gasteiger partial charge in [-0.2, -0.15) is 0 Å². The van der Waals surface area contributed by atoms with Gasteiger partial charge in [-0.25, -0.2) is 4.39 Å². The van der Waals surface area contributed by atoms with E-state index in [0.29, 0.717) is 17.9 Å². The summed E-state index contributed by atoms with van der Waals surface area (Å²) < 4.78 is 18.3. The number of ether oxygens (including phenoxy) is 1. The molecule has 1 rings (SSSR count). The van der Waals surface area contributed by atoms with E-state index >= 15 is 0 Å². The van der Waals surface area contributed by atoms with Crippen LogP contribution < -0.4 is 10.1 Å². The molecule has 4 heteroatoms. The van der Waals surface area contributed by atoms with Crippen molar-refractivity contribution >= 4 is 15.9 Å². The van der Waals surface area contributed by atoms with Crippen LogP contribution in [0.3, 0.4) is 0 Å². The fourth-order valence-corrected chi connectivity index (χ4v) is 1.49. The van der Waals surface area contributed by atoms with Crippen LogP contribution in [0.4, 0.5) is 4.39 Å². The van der Waals surface area contributed by atoms with Crippen molar-refractivity contribution in [3.05, 3.63) is 29.6 Å². The molecule has 1 N–H and O–H groups in total. The van der Waals surface area contributed by atoms with Crippen LogP contribution in [-0.2, 0) is 6.54 Å². The van der Waals surface area contributed by atoms with Crippen LogP contribution in [0.2, 0.25) is 0 Å². The predicted molar refractivity (Wildman–Crippen MR) is 63.1 cm³/mol. The Kier molecular flexibility index (Phi) is 5.65. The lowest BCUT2D eigenvalue weighted by Crippen LogP contribution is -2.15. The third-order valence-electron chi connectivity index (χ3n) is 2.06. The second kappa shape index (κ2) is 6.80. The van der Waals surface area contributed by atoms with Crippen LogP contribution in [-0.4, -0.2) is 19.0 Å². The Balaban J connectivity index is 2.47. The quantitative estimate of drug-likeness (QED) is 0.637. The molecule has 0 amide bonds. The Morgan fingerprint density at radius 3 is 2.87 bits per heavy atom. The number of halogens is 2. The molecule has 0 saturated carbocycles. The molecular weight excluding hydrogens is 261 g/mol. The Morgan fingerprint density at radius 1 is 1.47 bits per heavy atom. The summed E-state index contributed by atoms with van der Waals surface area (Å²) in [5.41, 5.74) is 0.672. The fraction of sp³-hybridized carbons (Fsp3) is 0.455. The van der Waals surface area contributed by atoms with E-state index in [-0.39, 0.29) is 5.82 Å². The number of hydrogen-bond donors (Lipinski definition) is 1. The van der Waals surface area contributed by atoms with Crippen molar-refractivity contribution < 1.29 is 9.13 Å². The average molecular weight is 276 g/mol. The molecule has 0 aromatic heterocycles. The minimum absolute atomic E-state index is 0.222. The van der Waals surface area contributed by atoms with Crippen molar-refractivity contribution in [2.24, 2.45) is 0 Å². The lowest BCUT2D eigenvalue weighted by Gasteiger charge is -2.06. The van der Waals surface area contributed by atoms with Gasteiger partial charge in [0.25, 0.3) is 0 Å². The van der Waals surface area contributed by atoms with Gasteiger partial charge in [0.15, 0.2) is 0 Å². The fourth-order valence-electron chi connectivity index (χ4n) is 1.21. The lowest BCUT2D eigenvalue weighted by molar-refractivity contribution is 0.410. The summed E-state index contributed by atoms with van der Waals surface area (Å²) in [6, 6.07) is 4.92. The maximum atomic E-state index is 13.4. The van der Waals surface area contributed by atoms with Crippen molar-refractivity contribution in [1.82, 2.24) is 5.32 Å². The van der Waals surface area contributed by atoms with Crippen LogP contribution in [0.1, 0.15) is 12.0 Å². The molecule has 0 spiro atoms. The molecule has 0 fully saturated rings. The molecule has 0 atom stereocenters. The standard InChI is InChI=1S/C11H15BrFNO/c1-15-10-4-3-9(11(13)7-10)8-14-6-2-5-12/h3-4,7,14H,2,5-6,8H2,1H3. The van der Waals surface area contributed by atoms with E-state index in [2.05, 4.69) is 21.2 Å². The van der Waals surface area contributed by atoms with E-state index in [0.717, 1.165) is 18.3 Å². The Morgan fingerprint density at radius 2 is 2.27 bits per heavy atom. The van der Waals surface area contributed by atoms with E-state index in [9.17, 15) is 4.39 Å². The summed E-state index contributed by atoms with van der Waals surface area (Å²) in [5, 5.41) is 4.13. The number of methoxy groups -OCH3 is 1. The topological polar surface area (TPSA) is 21.3 Å². The maximum absolute atomic E-state index is 13.4. The molecule has 0 aliphatic rings. The summed E-state index contributed by atoms with van der Waals surface area (Å²) >= 11 is 3.34. The zero-order chi connectivity index (χ0) is 11.1. The van der Waals surface area contributed by atoms with Gasteiger partial charge in [0.05, 0.1) is 7.11 Å². The number of alkyl halides is 1. The minimum atomic E-state index is -0.222. The SMILES string of the molecule is COc1ccc(CNCCCBr)c(F)c1. The molecule has 1 aromatic rings. The molecule has 0 aliphatic carbocycles. The van der Waals surface area contributed by atoms with Crippen molar-refractivity contribution in [3.63, 3.8) is 0 Å². The van der Waals surface area contributed by atoms with Gasteiger partial charge < -0.3 is 10.1 Å². The summed E-state index contributed by atoms with van der Waals surface area (Å²) in [6.45, 7) is 1.44. The number of benzene rings is 1. The highest BCUT2D eigenvalue weighted by Crippen LogP contribution is 2.15. The summed E-state index contributed by atoms with van der Waals surface area (Å²) in [4.78, 5) is 0. The Hall–Kier alpha value is -0.610. The first kappa shape index (κ1) is 12.5. The normalized spacial score (nSPS) is 10.3. The predicted octanol–water partition coefficient (Wildman–Crippen LogP) is 2.71. The van der Waals surface area contributed by atoms with E-state index in [1.165, 1.54) is 13.2 Å². The van der Waals surface area contributed by atoms with Gasteiger partial charge in [0.1, 0.15) is 11.6 Å². The first-order valence-corrected chi connectivity index (χ1v) is 5.99. The highest BCUT2D eigenvalue weighted by molar-refractivity contribution is 9.09. The minimum Gasteiger partial charge on any atom is -0.497 e. The third-order valence-corrected chi connectivity index (χ3v) is 2.62. The van der Waals surface area contributed by atoms with Crippen LogP contribution in [0.5, 0.6) is 5.75 Å². The largest absolute Gasteiger partial charge is 0.497 e. The number of hydrogen-bond acceptors (Lipinski definition) is 2. The van der Waals surface area contributed by atoms with Crippen LogP contribution in [0.25, 0.3) is 0 Å². The van der Waals surface area contributed by atoms with Gasteiger partial charge in [-0.3, -0.25) is 0 Å². The average Bonchev–Trinajstić information content (AvgIpc) is 2.26. The Bertz CT molecular complexity index is 307. The molecule has 15 heavy (non-hydrogen) atoms. The number of nitrogens with one attached hydrogen (secondary N) is 1. The Labute approximate surface area is 98.0 Å². The van der Waals surface area contributed by atoms with Crippen molar-refractivity contribution in [3.8, 4) is 5.75 Å². The zero-order valence-electron chi connectivity index (χ0n) is 8.72. The first-order chi connectivity index (χ1) is 7.27. The molecule has 0 unspecified atom stereocenters.